The topological polar surface area (TPSA) is 66.4 Å². The van der Waals surface area contributed by atoms with Crippen LogP contribution in [0.4, 0.5) is 5.69 Å². The molecule has 4 atom stereocenters. The van der Waals surface area contributed by atoms with Crippen molar-refractivity contribution in [2.24, 2.45) is 23.7 Å². The van der Waals surface area contributed by atoms with Crippen LogP contribution in [0.15, 0.2) is 29.0 Å². The first-order valence-electron chi connectivity index (χ1n) is 5.91. The molecule has 2 aliphatic rings. The van der Waals surface area contributed by atoms with Gasteiger partial charge >= 0.3 is 5.97 Å². The molecule has 4 unspecified atom stereocenters. The minimum absolute atomic E-state index is 0.0192. The Kier molecular flexibility index (Phi) is 2.70. The molecule has 5 heteroatoms. The summed E-state index contributed by atoms with van der Waals surface area (Å²) in [7, 11) is 0. The van der Waals surface area contributed by atoms with Gasteiger partial charge in [0.1, 0.15) is 0 Å². The molecule has 0 aliphatic heterocycles. The highest BCUT2D eigenvalue weighted by molar-refractivity contribution is 7.08. The zero-order chi connectivity index (χ0) is 12.7. The van der Waals surface area contributed by atoms with Crippen molar-refractivity contribution in [3.05, 3.63) is 29.0 Å². The van der Waals surface area contributed by atoms with Gasteiger partial charge in [0.15, 0.2) is 0 Å². The number of thiophene rings is 1. The molecular formula is C13H13NO3S. The molecule has 2 N–H and O–H groups in total. The van der Waals surface area contributed by atoms with E-state index in [1.165, 1.54) is 11.3 Å². The average molecular weight is 263 g/mol. The van der Waals surface area contributed by atoms with Gasteiger partial charge in [-0.1, -0.05) is 12.2 Å². The van der Waals surface area contributed by atoms with Crippen LogP contribution in [0.2, 0.25) is 0 Å². The second-order valence-electron chi connectivity index (χ2n) is 4.84. The molecule has 0 radical (unpaired) electrons. The number of carboxylic acids is 1. The quantitative estimate of drug-likeness (QED) is 0.822. The molecule has 2 aliphatic carbocycles. The van der Waals surface area contributed by atoms with E-state index in [1.807, 2.05) is 29.0 Å². The van der Waals surface area contributed by atoms with Gasteiger partial charge in [0.25, 0.3) is 0 Å². The van der Waals surface area contributed by atoms with E-state index in [0.717, 1.165) is 12.1 Å². The van der Waals surface area contributed by atoms with Gasteiger partial charge in [0.2, 0.25) is 5.91 Å². The Bertz CT molecular complexity index is 508. The first kappa shape index (κ1) is 11.5. The summed E-state index contributed by atoms with van der Waals surface area (Å²) in [6, 6.07) is 1.82. The number of allylic oxidation sites excluding steroid dienone is 2. The fraction of sp³-hybridized carbons (Fsp3) is 0.385. The molecule has 2 bridgehead atoms. The number of hydrogen-bond acceptors (Lipinski definition) is 3. The fourth-order valence-electron chi connectivity index (χ4n) is 3.08. The molecule has 3 rings (SSSR count). The molecular weight excluding hydrogens is 250 g/mol. The van der Waals surface area contributed by atoms with Crippen LogP contribution in [0.5, 0.6) is 0 Å². The Morgan fingerprint density at radius 1 is 1.28 bits per heavy atom. The van der Waals surface area contributed by atoms with Crippen molar-refractivity contribution in [2.45, 2.75) is 6.42 Å². The van der Waals surface area contributed by atoms with E-state index in [-0.39, 0.29) is 17.7 Å². The number of hydrogen-bond donors (Lipinski definition) is 2. The van der Waals surface area contributed by atoms with E-state index in [2.05, 4.69) is 5.32 Å². The zero-order valence-electron chi connectivity index (χ0n) is 9.58. The Morgan fingerprint density at radius 3 is 2.61 bits per heavy atom. The molecule has 1 saturated carbocycles. The van der Waals surface area contributed by atoms with Crippen LogP contribution in [-0.2, 0) is 9.59 Å². The number of carbonyl (C=O) groups is 2. The van der Waals surface area contributed by atoms with Crippen molar-refractivity contribution in [3.8, 4) is 0 Å². The first-order chi connectivity index (χ1) is 8.66. The number of fused-ring (bicyclic) bond motifs is 2. The van der Waals surface area contributed by atoms with Crippen molar-refractivity contribution in [2.75, 3.05) is 5.32 Å². The monoisotopic (exact) mass is 263 g/mol. The number of rotatable bonds is 3. The highest BCUT2D eigenvalue weighted by atomic mass is 32.1. The zero-order valence-corrected chi connectivity index (χ0v) is 10.4. The molecule has 1 aromatic rings. The molecule has 94 valence electrons. The highest BCUT2D eigenvalue weighted by Crippen LogP contribution is 2.48. The summed E-state index contributed by atoms with van der Waals surface area (Å²) < 4.78 is 0. The summed E-state index contributed by atoms with van der Waals surface area (Å²) in [5.41, 5.74) is 0.751. The van der Waals surface area contributed by atoms with Gasteiger partial charge in [-0.25, -0.2) is 0 Å². The maximum atomic E-state index is 12.2. The van der Waals surface area contributed by atoms with Crippen molar-refractivity contribution in [1.82, 2.24) is 0 Å². The maximum Gasteiger partial charge on any atom is 0.307 e. The second-order valence-corrected chi connectivity index (χ2v) is 5.62. The lowest BCUT2D eigenvalue weighted by molar-refractivity contribution is -0.146. The predicted octanol–water partition coefficient (Wildman–Crippen LogP) is 2.21. The Labute approximate surface area is 108 Å². The second kappa shape index (κ2) is 4.24. The van der Waals surface area contributed by atoms with Gasteiger partial charge in [-0.2, -0.15) is 11.3 Å². The van der Waals surface area contributed by atoms with E-state index in [1.54, 1.807) is 0 Å². The lowest BCUT2D eigenvalue weighted by Gasteiger charge is -2.23. The lowest BCUT2D eigenvalue weighted by Crippen LogP contribution is -2.36. The van der Waals surface area contributed by atoms with E-state index in [4.69, 9.17) is 0 Å². The van der Waals surface area contributed by atoms with Gasteiger partial charge < -0.3 is 10.4 Å². The molecule has 4 nitrogen and oxygen atoms in total. The third kappa shape index (κ3) is 1.75. The standard InChI is InChI=1S/C13H13NO3S/c15-12(14-9-3-4-18-6-9)10-7-1-2-8(5-7)11(10)13(16)17/h1-4,6-8,10-11H,5H2,(H,14,15)(H,16,17). The van der Waals surface area contributed by atoms with Crippen LogP contribution in [-0.4, -0.2) is 17.0 Å². The summed E-state index contributed by atoms with van der Waals surface area (Å²) in [4.78, 5) is 23.5. The predicted molar refractivity (Wildman–Crippen MR) is 68.3 cm³/mol. The molecule has 0 spiro atoms. The van der Waals surface area contributed by atoms with Crippen LogP contribution >= 0.6 is 11.3 Å². The van der Waals surface area contributed by atoms with Gasteiger partial charge in [0, 0.05) is 5.38 Å². The molecule has 0 aromatic carbocycles. The Balaban J connectivity index is 1.80. The van der Waals surface area contributed by atoms with Crippen LogP contribution in [0.1, 0.15) is 6.42 Å². The summed E-state index contributed by atoms with van der Waals surface area (Å²) >= 11 is 1.50. The number of amides is 1. The smallest absolute Gasteiger partial charge is 0.307 e. The van der Waals surface area contributed by atoms with E-state index >= 15 is 0 Å². The molecule has 0 saturated heterocycles. The normalized spacial score (nSPS) is 32.7. The third-order valence-corrected chi connectivity index (χ3v) is 4.52. The van der Waals surface area contributed by atoms with Crippen molar-refractivity contribution in [3.63, 3.8) is 0 Å². The highest BCUT2D eigenvalue weighted by Gasteiger charge is 2.51. The van der Waals surface area contributed by atoms with Crippen molar-refractivity contribution >= 4 is 28.9 Å². The molecule has 1 heterocycles. The molecule has 1 amide bonds. The van der Waals surface area contributed by atoms with E-state index < -0.39 is 17.8 Å². The minimum Gasteiger partial charge on any atom is -0.481 e. The molecule has 1 fully saturated rings. The van der Waals surface area contributed by atoms with Gasteiger partial charge in [-0.15, -0.1) is 0 Å². The van der Waals surface area contributed by atoms with Crippen LogP contribution in [0.3, 0.4) is 0 Å². The number of carbonyl (C=O) groups excluding carboxylic acids is 1. The summed E-state index contributed by atoms with van der Waals surface area (Å²) in [6.07, 6.45) is 4.72. The van der Waals surface area contributed by atoms with Gasteiger partial charge in [-0.3, -0.25) is 9.59 Å². The van der Waals surface area contributed by atoms with E-state index in [9.17, 15) is 14.7 Å². The lowest BCUT2D eigenvalue weighted by atomic mass is 9.82. The van der Waals surface area contributed by atoms with Gasteiger partial charge in [-0.05, 0) is 29.7 Å². The summed E-state index contributed by atoms with van der Waals surface area (Å²) in [6.45, 7) is 0. The number of aliphatic carboxylic acids is 1. The Morgan fingerprint density at radius 2 is 2.00 bits per heavy atom. The maximum absolute atomic E-state index is 12.2. The number of carboxylic acid groups (broad SMARTS) is 1. The van der Waals surface area contributed by atoms with Crippen LogP contribution in [0.25, 0.3) is 0 Å². The third-order valence-electron chi connectivity index (χ3n) is 3.84. The van der Waals surface area contributed by atoms with Crippen LogP contribution in [0, 0.1) is 23.7 Å². The van der Waals surface area contributed by atoms with Gasteiger partial charge in [0.05, 0.1) is 17.5 Å². The summed E-state index contributed by atoms with van der Waals surface area (Å²) in [5, 5.41) is 15.8. The average Bonchev–Trinajstić information content (AvgIpc) is 3.03. The van der Waals surface area contributed by atoms with E-state index in [0.29, 0.717) is 0 Å². The molecule has 18 heavy (non-hydrogen) atoms. The summed E-state index contributed by atoms with van der Waals surface area (Å²) in [5.74, 6) is -1.94. The Hall–Kier alpha value is -1.62. The number of anilines is 1. The van der Waals surface area contributed by atoms with Crippen molar-refractivity contribution in [1.29, 1.82) is 0 Å². The number of nitrogens with one attached hydrogen (secondary N) is 1. The van der Waals surface area contributed by atoms with Crippen molar-refractivity contribution < 1.29 is 14.7 Å². The minimum atomic E-state index is -0.864. The van der Waals surface area contributed by atoms with Crippen LogP contribution < -0.4 is 5.32 Å². The fourth-order valence-corrected chi connectivity index (χ4v) is 3.67. The first-order valence-corrected chi connectivity index (χ1v) is 6.85. The molecule has 1 aromatic heterocycles. The SMILES string of the molecule is O=C(O)C1C2C=CC(C2)C1C(=O)Nc1ccsc1. The largest absolute Gasteiger partial charge is 0.481 e.